The van der Waals surface area contributed by atoms with E-state index in [1.807, 2.05) is 0 Å². The van der Waals surface area contributed by atoms with Gasteiger partial charge in [-0.05, 0) is 6.42 Å². The minimum absolute atomic E-state index is 0.182. The number of carbonyl (C=O) groups is 2. The molecule has 0 aliphatic carbocycles. The minimum Gasteiger partial charge on any atom is -0.480 e. The Morgan fingerprint density at radius 1 is 1.73 bits per heavy atom. The first kappa shape index (κ1) is 11.8. The molecule has 1 heterocycles. The first-order chi connectivity index (χ1) is 7.00. The van der Waals surface area contributed by atoms with Gasteiger partial charge in [0.15, 0.2) is 0 Å². The Labute approximate surface area is 88.8 Å². The summed E-state index contributed by atoms with van der Waals surface area (Å²) in [6.07, 6.45) is 3.81. The summed E-state index contributed by atoms with van der Waals surface area (Å²) in [7, 11) is 5.10. The topological polar surface area (TPSA) is 77.8 Å². The number of nitrogens with zero attached hydrogens (tertiary/aromatic N) is 1. The van der Waals surface area contributed by atoms with Crippen molar-refractivity contribution in [1.29, 1.82) is 0 Å². The number of likely N-dealkylation sites (tertiary alicyclic amines) is 1. The van der Waals surface area contributed by atoms with Gasteiger partial charge in [-0.25, -0.2) is 0 Å². The third kappa shape index (κ3) is 3.40. The molecule has 1 saturated heterocycles. The van der Waals surface area contributed by atoms with Crippen LogP contribution < -0.4 is 0 Å². The van der Waals surface area contributed by atoms with Crippen LogP contribution in [0.15, 0.2) is 12.2 Å². The van der Waals surface area contributed by atoms with Gasteiger partial charge < -0.3 is 15.1 Å². The van der Waals surface area contributed by atoms with Crippen LogP contribution in [0.1, 0.15) is 12.8 Å². The minimum atomic E-state index is -1.08. The predicted molar refractivity (Wildman–Crippen MR) is 53.3 cm³/mol. The predicted octanol–water partition coefficient (Wildman–Crippen LogP) is -0.895. The number of aliphatic hydroxyl groups excluding tert-OH is 1. The summed E-state index contributed by atoms with van der Waals surface area (Å²) in [5.41, 5.74) is 0. The van der Waals surface area contributed by atoms with Gasteiger partial charge in [0.1, 0.15) is 14.4 Å². The summed E-state index contributed by atoms with van der Waals surface area (Å²) in [5.74, 6) is -1.23. The maximum atomic E-state index is 11.3. The average molecular weight is 209 g/mol. The Balaban J connectivity index is 2.63. The molecule has 1 aliphatic heterocycles. The second-order valence-corrected chi connectivity index (χ2v) is 3.40. The molecule has 0 aromatic rings. The molecule has 0 aromatic heterocycles. The Kier molecular flexibility index (Phi) is 3.91. The normalized spacial score (nSPS) is 23.7. The number of carboxylic acid groups (broad SMARTS) is 1. The second kappa shape index (κ2) is 4.98. The first-order valence-electron chi connectivity index (χ1n) is 4.64. The molecule has 6 heteroatoms. The number of aliphatic hydroxyl groups is 1. The molecular weight excluding hydrogens is 197 g/mol. The maximum absolute atomic E-state index is 11.3. The Morgan fingerprint density at radius 2 is 2.40 bits per heavy atom. The number of aliphatic carboxylic acids is 1. The van der Waals surface area contributed by atoms with Crippen LogP contribution in [0.2, 0.25) is 0 Å². The van der Waals surface area contributed by atoms with Crippen molar-refractivity contribution in [1.82, 2.24) is 4.90 Å². The van der Waals surface area contributed by atoms with Crippen LogP contribution in [0, 0.1) is 0 Å². The van der Waals surface area contributed by atoms with Gasteiger partial charge in [-0.3, -0.25) is 9.59 Å². The van der Waals surface area contributed by atoms with Gasteiger partial charge in [0.2, 0.25) is 5.91 Å². The van der Waals surface area contributed by atoms with Gasteiger partial charge in [-0.2, -0.15) is 0 Å². The van der Waals surface area contributed by atoms with Gasteiger partial charge in [-0.15, -0.1) is 0 Å². The van der Waals surface area contributed by atoms with Gasteiger partial charge in [0, 0.05) is 12.4 Å². The van der Waals surface area contributed by atoms with Crippen LogP contribution in [0.25, 0.3) is 0 Å². The lowest BCUT2D eigenvalue weighted by Crippen LogP contribution is -2.36. The highest BCUT2D eigenvalue weighted by molar-refractivity contribution is 6.12. The highest BCUT2D eigenvalue weighted by Gasteiger charge is 2.30. The third-order valence-electron chi connectivity index (χ3n) is 2.21. The maximum Gasteiger partial charge on any atom is 0.323 e. The fourth-order valence-electron chi connectivity index (χ4n) is 1.55. The molecule has 0 spiro atoms. The zero-order chi connectivity index (χ0) is 11.4. The molecule has 5 nitrogen and oxygen atoms in total. The molecule has 2 atom stereocenters. The Hall–Kier alpha value is -1.30. The first-order valence-corrected chi connectivity index (χ1v) is 4.64. The fraction of sp³-hybridized carbons (Fsp3) is 0.556. The number of amides is 1. The molecule has 1 amide bonds. The molecular formula is C9H12BNO4. The van der Waals surface area contributed by atoms with E-state index in [-0.39, 0.29) is 18.5 Å². The van der Waals surface area contributed by atoms with E-state index in [0.29, 0.717) is 12.8 Å². The highest BCUT2D eigenvalue weighted by atomic mass is 16.4. The van der Waals surface area contributed by atoms with Crippen molar-refractivity contribution in [2.24, 2.45) is 0 Å². The molecule has 1 fully saturated rings. The summed E-state index contributed by atoms with van der Waals surface area (Å²) in [6, 6.07) is -1.35. The van der Waals surface area contributed by atoms with Crippen molar-refractivity contribution in [2.75, 3.05) is 6.54 Å². The van der Waals surface area contributed by atoms with Gasteiger partial charge in [0.05, 0.1) is 6.04 Å². The number of hydrogen-bond donors (Lipinski definition) is 2. The summed E-state index contributed by atoms with van der Waals surface area (Å²) in [6.45, 7) is -0.311. The molecule has 1 aliphatic rings. The van der Waals surface area contributed by atoms with Crippen molar-refractivity contribution >= 4 is 19.7 Å². The van der Waals surface area contributed by atoms with E-state index in [1.165, 1.54) is 11.0 Å². The number of carbonyl (C=O) groups excluding carboxylic acids is 1. The molecule has 0 unspecified atom stereocenters. The van der Waals surface area contributed by atoms with E-state index >= 15 is 0 Å². The zero-order valence-electron chi connectivity index (χ0n) is 8.17. The van der Waals surface area contributed by atoms with E-state index in [4.69, 9.17) is 18.1 Å². The van der Waals surface area contributed by atoms with E-state index in [9.17, 15) is 9.59 Å². The summed E-state index contributed by atoms with van der Waals surface area (Å²) in [4.78, 5) is 23.1. The lowest BCUT2D eigenvalue weighted by Gasteiger charge is -2.20. The molecule has 0 saturated carbocycles. The molecule has 15 heavy (non-hydrogen) atoms. The van der Waals surface area contributed by atoms with Crippen LogP contribution in [0.3, 0.4) is 0 Å². The summed E-state index contributed by atoms with van der Waals surface area (Å²) < 4.78 is 0. The highest BCUT2D eigenvalue weighted by Crippen LogP contribution is 2.19. The largest absolute Gasteiger partial charge is 0.480 e. The zero-order valence-corrected chi connectivity index (χ0v) is 8.17. The van der Waals surface area contributed by atoms with E-state index < -0.39 is 12.0 Å². The van der Waals surface area contributed by atoms with Crippen LogP contribution in [-0.4, -0.2) is 53.4 Å². The molecule has 80 valence electrons. The van der Waals surface area contributed by atoms with Gasteiger partial charge in [0.25, 0.3) is 0 Å². The van der Waals surface area contributed by atoms with Crippen molar-refractivity contribution in [3.05, 3.63) is 12.2 Å². The van der Waals surface area contributed by atoms with Gasteiger partial charge >= 0.3 is 5.97 Å². The smallest absolute Gasteiger partial charge is 0.323 e. The SMILES string of the molecule is [B][C@H](O)/C=C/[C@H]1CCC(=O)N1CC(=O)O. The molecule has 0 aromatic carbocycles. The summed E-state index contributed by atoms with van der Waals surface area (Å²) in [5, 5.41) is 17.4. The number of hydrogen-bond acceptors (Lipinski definition) is 3. The van der Waals surface area contributed by atoms with Crippen molar-refractivity contribution in [2.45, 2.75) is 24.9 Å². The van der Waals surface area contributed by atoms with E-state index in [1.54, 1.807) is 6.08 Å². The van der Waals surface area contributed by atoms with Crippen molar-refractivity contribution in [3.8, 4) is 0 Å². The van der Waals surface area contributed by atoms with E-state index in [0.717, 1.165) is 0 Å². The Morgan fingerprint density at radius 3 is 2.93 bits per heavy atom. The van der Waals surface area contributed by atoms with Crippen LogP contribution in [0.4, 0.5) is 0 Å². The lowest BCUT2D eigenvalue weighted by molar-refractivity contribution is -0.143. The van der Waals surface area contributed by atoms with Crippen LogP contribution >= 0.6 is 0 Å². The summed E-state index contributed by atoms with van der Waals surface area (Å²) >= 11 is 0. The number of rotatable bonds is 4. The Bertz CT molecular complexity index is 290. The van der Waals surface area contributed by atoms with Gasteiger partial charge in [-0.1, -0.05) is 12.2 Å². The van der Waals surface area contributed by atoms with Crippen LogP contribution in [0.5, 0.6) is 0 Å². The fourth-order valence-corrected chi connectivity index (χ4v) is 1.55. The van der Waals surface area contributed by atoms with Crippen molar-refractivity contribution < 1.29 is 19.8 Å². The average Bonchev–Trinajstić information content (AvgIpc) is 2.44. The number of carboxylic acids is 1. The van der Waals surface area contributed by atoms with E-state index in [2.05, 4.69) is 0 Å². The lowest BCUT2D eigenvalue weighted by atomic mass is 9.99. The monoisotopic (exact) mass is 209 g/mol. The third-order valence-corrected chi connectivity index (χ3v) is 2.21. The second-order valence-electron chi connectivity index (χ2n) is 3.40. The standard InChI is InChI=1S/C9H12BNO4/c10-7(12)3-1-6-2-4-8(13)11(6)5-9(14)15/h1,3,6-7,12H,2,4-5H2,(H,14,15)/b3-1+/t6-,7+/m0/s1. The van der Waals surface area contributed by atoms with Crippen LogP contribution in [-0.2, 0) is 9.59 Å². The van der Waals surface area contributed by atoms with Crippen molar-refractivity contribution in [3.63, 3.8) is 0 Å². The molecule has 2 radical (unpaired) electrons. The quantitative estimate of drug-likeness (QED) is 0.464. The molecule has 1 rings (SSSR count). The molecule has 0 bridgehead atoms. The molecule has 2 N–H and O–H groups in total.